The number of carbonyl (C=O) groups is 11. The topological polar surface area (TPSA) is 515 Å². The maximum atomic E-state index is 13.9. The summed E-state index contributed by atoms with van der Waals surface area (Å²) in [5.41, 5.74) is 38.4. The van der Waals surface area contributed by atoms with Crippen molar-refractivity contribution in [1.82, 2.24) is 53.2 Å². The molecule has 0 unspecified atom stereocenters. The largest absolute Gasteiger partial charge is 0.370 e. The van der Waals surface area contributed by atoms with Crippen LogP contribution in [0.25, 0.3) is 0 Å². The molecule has 0 aromatic rings. The van der Waals surface area contributed by atoms with Crippen molar-refractivity contribution in [1.29, 1.82) is 0 Å². The molecular weight excluding hydrogens is 1040 g/mol. The van der Waals surface area contributed by atoms with Crippen LogP contribution in [0.2, 0.25) is 0 Å². The molecule has 0 fully saturated rings. The molecule has 80 heavy (non-hydrogen) atoms. The Bertz CT molecular complexity index is 2070. The molecule has 0 spiro atoms. The van der Waals surface area contributed by atoms with Crippen molar-refractivity contribution in [3.63, 3.8) is 0 Å². The van der Waals surface area contributed by atoms with Crippen LogP contribution in [0.1, 0.15) is 132 Å². The lowest BCUT2D eigenvalue weighted by molar-refractivity contribution is -0.135. The molecule has 0 aromatic heterocycles. The summed E-state index contributed by atoms with van der Waals surface area (Å²) < 4.78 is 0. The van der Waals surface area contributed by atoms with Crippen molar-refractivity contribution in [3.05, 3.63) is 0 Å². The highest BCUT2D eigenvalue weighted by Gasteiger charge is 2.33. The monoisotopic (exact) mass is 1140 g/mol. The van der Waals surface area contributed by atoms with Crippen molar-refractivity contribution in [2.75, 3.05) is 45.8 Å². The second-order valence-electron chi connectivity index (χ2n) is 20.4. The summed E-state index contributed by atoms with van der Waals surface area (Å²) >= 11 is 0. The molecule has 0 rings (SSSR count). The third-order valence-corrected chi connectivity index (χ3v) is 12.2. The van der Waals surface area contributed by atoms with Crippen molar-refractivity contribution in [2.45, 2.75) is 174 Å². The Morgan fingerprint density at radius 1 is 0.412 bits per heavy atom. The third-order valence-electron chi connectivity index (χ3n) is 12.2. The summed E-state index contributed by atoms with van der Waals surface area (Å²) in [4.78, 5) is 153. The lowest BCUT2D eigenvalue weighted by Gasteiger charge is -2.28. The Morgan fingerprint density at radius 3 is 1.16 bits per heavy atom. The fourth-order valence-corrected chi connectivity index (χ4v) is 7.83. The molecule has 0 aliphatic carbocycles. The number of carbonyl (C=O) groups excluding carboxylic acids is 11. The van der Waals surface area contributed by atoms with E-state index in [1.165, 1.54) is 6.92 Å². The number of nitrogens with one attached hydrogen (secondary N) is 10. The molecule has 24 N–H and O–H groups in total. The molecule has 0 bridgehead atoms. The smallest absolute Gasteiger partial charge is 0.243 e. The Hall–Kier alpha value is -7.37. The number of amides is 11. The van der Waals surface area contributed by atoms with Gasteiger partial charge in [0.25, 0.3) is 0 Å². The minimum atomic E-state index is -1.24. The van der Waals surface area contributed by atoms with Gasteiger partial charge >= 0.3 is 0 Å². The van der Waals surface area contributed by atoms with Crippen molar-refractivity contribution in [3.8, 4) is 0 Å². The van der Waals surface area contributed by atoms with Gasteiger partial charge in [-0.2, -0.15) is 0 Å². The molecule has 8 atom stereocenters. The normalized spacial score (nSPS) is 13.9. The van der Waals surface area contributed by atoms with Gasteiger partial charge in [-0.1, -0.05) is 48.0 Å². The van der Waals surface area contributed by atoms with Crippen LogP contribution in [0.4, 0.5) is 0 Å². The predicted molar refractivity (Wildman–Crippen MR) is 301 cm³/mol. The van der Waals surface area contributed by atoms with Crippen LogP contribution in [0, 0.1) is 17.8 Å². The maximum absolute atomic E-state index is 13.9. The van der Waals surface area contributed by atoms with Crippen LogP contribution in [-0.2, 0) is 52.7 Å². The van der Waals surface area contributed by atoms with Crippen LogP contribution in [0.3, 0.4) is 0 Å². The second kappa shape index (κ2) is 40.8. The molecule has 456 valence electrons. The van der Waals surface area contributed by atoms with Crippen molar-refractivity contribution < 1.29 is 52.7 Å². The first-order valence-corrected chi connectivity index (χ1v) is 27.3. The Kier molecular flexibility index (Phi) is 37.0. The minimum absolute atomic E-state index is 0.0122. The molecule has 0 aromatic carbocycles. The average Bonchev–Trinajstić information content (AvgIpc) is 3.37. The number of primary amides is 1. The van der Waals surface area contributed by atoms with E-state index in [0.29, 0.717) is 45.1 Å². The number of nitrogens with two attached hydrogens (primary N) is 7. The zero-order valence-corrected chi connectivity index (χ0v) is 47.8. The molecule has 0 heterocycles. The number of rotatable bonds is 42. The molecule has 30 heteroatoms. The quantitative estimate of drug-likeness (QED) is 0.0154. The third kappa shape index (κ3) is 33.2. The van der Waals surface area contributed by atoms with Gasteiger partial charge < -0.3 is 93.3 Å². The SMILES string of the molecule is CC[C@H](C)[C@H](NC(=O)[C@H](CCCN=C(N)N)NC(=O)[C@H](CCCN=C(N)N)NC(C)=O)C(=O)NCC(=O)N[C@@H](CCCCN)C(=O)N[C@@H](CC(C)C)C(=O)NCC(=O)N[C@@H](CC(C)C)C(=O)NCC(=O)N[C@@H](CCCCN)C(N)=O. The fourth-order valence-electron chi connectivity index (χ4n) is 7.83. The molecule has 30 nitrogen and oxygen atoms in total. The van der Waals surface area contributed by atoms with E-state index in [1.54, 1.807) is 27.7 Å². The lowest BCUT2D eigenvalue weighted by Crippen LogP contribution is -2.59. The summed E-state index contributed by atoms with van der Waals surface area (Å²) in [7, 11) is 0. The van der Waals surface area contributed by atoms with E-state index in [9.17, 15) is 52.7 Å². The summed E-state index contributed by atoms with van der Waals surface area (Å²) in [5, 5.41) is 25.7. The van der Waals surface area contributed by atoms with Gasteiger partial charge in [-0.25, -0.2) is 0 Å². The first-order chi connectivity index (χ1) is 37.6. The van der Waals surface area contributed by atoms with Crippen LogP contribution < -0.4 is 93.3 Å². The zero-order valence-electron chi connectivity index (χ0n) is 47.8. The lowest BCUT2D eigenvalue weighted by atomic mass is 9.97. The second-order valence-corrected chi connectivity index (χ2v) is 20.4. The van der Waals surface area contributed by atoms with Crippen LogP contribution in [0.5, 0.6) is 0 Å². The molecular formula is C50H95N19O11. The van der Waals surface area contributed by atoms with Gasteiger partial charge in [-0.15, -0.1) is 0 Å². The zero-order chi connectivity index (χ0) is 60.9. The number of aliphatic imine (C=N–C) groups is 2. The van der Waals surface area contributed by atoms with E-state index in [0.717, 1.165) is 0 Å². The highest BCUT2D eigenvalue weighted by molar-refractivity contribution is 5.97. The van der Waals surface area contributed by atoms with Gasteiger partial charge in [0.2, 0.25) is 65.0 Å². The highest BCUT2D eigenvalue weighted by Crippen LogP contribution is 2.12. The predicted octanol–water partition coefficient (Wildman–Crippen LogP) is -5.26. The van der Waals surface area contributed by atoms with Crippen LogP contribution in [0.15, 0.2) is 9.98 Å². The Balaban J connectivity index is 6.11. The number of nitrogens with zero attached hydrogens (tertiary/aromatic N) is 2. The van der Waals surface area contributed by atoms with E-state index in [1.807, 2.05) is 13.8 Å². The van der Waals surface area contributed by atoms with E-state index in [4.69, 9.17) is 40.1 Å². The molecule has 11 amide bonds. The van der Waals surface area contributed by atoms with Gasteiger partial charge in [-0.05, 0) is 108 Å². The summed E-state index contributed by atoms with van der Waals surface area (Å²) in [5.74, 6) is -8.90. The Labute approximate surface area is 469 Å². The van der Waals surface area contributed by atoms with Gasteiger partial charge in [0.15, 0.2) is 11.9 Å². The van der Waals surface area contributed by atoms with Gasteiger partial charge in [-0.3, -0.25) is 62.7 Å². The van der Waals surface area contributed by atoms with Crippen molar-refractivity contribution in [2.24, 2.45) is 67.9 Å². The molecule has 0 radical (unpaired) electrons. The van der Waals surface area contributed by atoms with Crippen molar-refractivity contribution >= 4 is 76.9 Å². The highest BCUT2D eigenvalue weighted by atomic mass is 16.2. The summed E-state index contributed by atoms with van der Waals surface area (Å²) in [6.07, 6.45) is 3.70. The summed E-state index contributed by atoms with van der Waals surface area (Å²) in [6.45, 7) is 11.1. The minimum Gasteiger partial charge on any atom is -0.370 e. The van der Waals surface area contributed by atoms with Gasteiger partial charge in [0.05, 0.1) is 19.6 Å². The first kappa shape index (κ1) is 72.6. The van der Waals surface area contributed by atoms with Gasteiger partial charge in [0, 0.05) is 20.0 Å². The molecule has 0 saturated heterocycles. The first-order valence-electron chi connectivity index (χ1n) is 27.3. The van der Waals surface area contributed by atoms with E-state index in [-0.39, 0.29) is 88.3 Å². The maximum Gasteiger partial charge on any atom is 0.243 e. The molecule has 0 aliphatic heterocycles. The van der Waals surface area contributed by atoms with Crippen LogP contribution >= 0.6 is 0 Å². The fraction of sp³-hybridized carbons (Fsp3) is 0.740. The Morgan fingerprint density at radius 2 is 0.762 bits per heavy atom. The van der Waals surface area contributed by atoms with E-state index >= 15 is 0 Å². The number of hydrogen-bond donors (Lipinski definition) is 17. The number of unbranched alkanes of at least 4 members (excludes halogenated alkanes) is 2. The van der Waals surface area contributed by atoms with E-state index in [2.05, 4.69) is 63.2 Å². The van der Waals surface area contributed by atoms with Gasteiger partial charge in [0.1, 0.15) is 42.3 Å². The molecule has 0 aliphatic rings. The van der Waals surface area contributed by atoms with E-state index < -0.39 is 133 Å². The standard InChI is InChI=1S/C50H95N19O11/c1-8-30(6)41(69-47(79)35(18-14-22-59-50(56)57)67-45(77)33(63-31(7)70)17-13-21-58-49(54)55)48(80)62-27-39(72)65-34(16-10-12-20-52)46(78)68-37(24-29(4)5)44(76)61-26-40(73)66-36(23-28(2)3)43(75)60-25-38(71)64-32(42(53)74)15-9-11-19-51/h28-30,32-37,41H,8-27,51-52H2,1-7H3,(H2,53,74)(H,60,75)(H,61,76)(H,62,80)(H,63,70)(H,64,71)(H,65,72)(H,66,73)(H,67,77)(H,68,78)(H,69,79)(H4,54,55,58)(H4,56,57,59)/t30-,32-,33-,34-,35-,36-,37-,41-/m0/s1. The molecule has 0 saturated carbocycles. The summed E-state index contributed by atoms with van der Waals surface area (Å²) in [6, 6.07) is -8.01. The average molecular weight is 1140 g/mol. The number of guanidine groups is 2. The van der Waals surface area contributed by atoms with Crippen LogP contribution in [-0.4, -0.2) is 165 Å². The number of hydrogen-bond acceptors (Lipinski definition) is 15.